The Bertz CT molecular complexity index is 1130. The average Bonchev–Trinajstić information content (AvgIpc) is 3.24. The molecular formula is C22H17ClN2O4. The predicted octanol–water partition coefficient (Wildman–Crippen LogP) is 4.57. The van der Waals surface area contributed by atoms with Crippen LogP contribution in [0.25, 0.3) is 5.76 Å². The van der Waals surface area contributed by atoms with E-state index in [-0.39, 0.29) is 17.2 Å². The van der Waals surface area contributed by atoms with Gasteiger partial charge in [-0.25, -0.2) is 0 Å². The number of aliphatic hydroxyl groups is 1. The molecule has 1 aliphatic heterocycles. The predicted molar refractivity (Wildman–Crippen MR) is 109 cm³/mol. The molecule has 0 saturated carbocycles. The van der Waals surface area contributed by atoms with Crippen LogP contribution in [0.3, 0.4) is 0 Å². The maximum absolute atomic E-state index is 12.9. The van der Waals surface area contributed by atoms with Crippen molar-refractivity contribution in [2.45, 2.75) is 19.9 Å². The lowest BCUT2D eigenvalue weighted by atomic mass is 9.95. The standard InChI is InChI=1S/C22H17ClN2O4/c1-12-3-5-15(6-4-12)20(26)18-19(14-7-9-16(23)10-8-14)25(22(28)21(18)27)17-11-13(2)29-24-17/h3-11,19,26H,1-2H3/t19-/m0/s1. The molecule has 6 nitrogen and oxygen atoms in total. The number of amides is 1. The molecule has 1 fully saturated rings. The Morgan fingerprint density at radius 2 is 1.72 bits per heavy atom. The summed E-state index contributed by atoms with van der Waals surface area (Å²) in [6.45, 7) is 3.61. The van der Waals surface area contributed by atoms with Gasteiger partial charge in [0.1, 0.15) is 11.5 Å². The van der Waals surface area contributed by atoms with Crippen LogP contribution in [0.1, 0.15) is 28.5 Å². The van der Waals surface area contributed by atoms with E-state index < -0.39 is 17.7 Å². The van der Waals surface area contributed by atoms with E-state index in [1.807, 2.05) is 19.1 Å². The number of ketones is 1. The molecule has 4 rings (SSSR count). The average molecular weight is 409 g/mol. The monoisotopic (exact) mass is 408 g/mol. The molecule has 7 heteroatoms. The van der Waals surface area contributed by atoms with Gasteiger partial charge in [-0.3, -0.25) is 14.5 Å². The first kappa shape index (κ1) is 19.0. The maximum Gasteiger partial charge on any atom is 0.301 e. The number of nitrogens with zero attached hydrogens (tertiary/aromatic N) is 2. The normalized spacial score (nSPS) is 18.4. The molecule has 0 unspecified atom stereocenters. The summed E-state index contributed by atoms with van der Waals surface area (Å²) in [7, 11) is 0. The van der Waals surface area contributed by atoms with Crippen LogP contribution >= 0.6 is 11.6 Å². The third kappa shape index (κ3) is 3.32. The quantitative estimate of drug-likeness (QED) is 0.390. The highest BCUT2D eigenvalue weighted by Crippen LogP contribution is 2.42. The number of hydrogen-bond donors (Lipinski definition) is 1. The first-order chi connectivity index (χ1) is 13.9. The molecule has 29 heavy (non-hydrogen) atoms. The van der Waals surface area contributed by atoms with Gasteiger partial charge in [0.15, 0.2) is 5.82 Å². The van der Waals surface area contributed by atoms with Crippen LogP contribution in [0.2, 0.25) is 5.02 Å². The van der Waals surface area contributed by atoms with Crippen molar-refractivity contribution < 1.29 is 19.2 Å². The summed E-state index contributed by atoms with van der Waals surface area (Å²) in [5.41, 5.74) is 2.06. The molecule has 1 aromatic heterocycles. The lowest BCUT2D eigenvalue weighted by Crippen LogP contribution is -2.29. The van der Waals surface area contributed by atoms with Gasteiger partial charge in [0.25, 0.3) is 5.78 Å². The minimum atomic E-state index is -0.863. The summed E-state index contributed by atoms with van der Waals surface area (Å²) >= 11 is 6.01. The smallest absolute Gasteiger partial charge is 0.301 e. The molecule has 1 atom stereocenters. The fraction of sp³-hybridized carbons (Fsp3) is 0.136. The van der Waals surface area contributed by atoms with E-state index >= 15 is 0 Å². The molecule has 1 aliphatic rings. The maximum atomic E-state index is 12.9. The number of aromatic nitrogens is 1. The summed E-state index contributed by atoms with van der Waals surface area (Å²) in [5, 5.41) is 15.4. The molecule has 0 spiro atoms. The second-order valence-corrected chi connectivity index (χ2v) is 7.32. The number of carbonyl (C=O) groups is 2. The highest BCUT2D eigenvalue weighted by atomic mass is 35.5. The molecular weight excluding hydrogens is 392 g/mol. The number of anilines is 1. The lowest BCUT2D eigenvalue weighted by Gasteiger charge is -2.22. The highest BCUT2D eigenvalue weighted by molar-refractivity contribution is 6.51. The zero-order valence-electron chi connectivity index (χ0n) is 15.7. The molecule has 3 aromatic rings. The Balaban J connectivity index is 1.93. The lowest BCUT2D eigenvalue weighted by molar-refractivity contribution is -0.132. The van der Waals surface area contributed by atoms with Crippen LogP contribution in [0.4, 0.5) is 5.82 Å². The first-order valence-electron chi connectivity index (χ1n) is 8.93. The van der Waals surface area contributed by atoms with Crippen LogP contribution in [0, 0.1) is 13.8 Å². The topological polar surface area (TPSA) is 83.6 Å². The molecule has 0 bridgehead atoms. The molecule has 2 heterocycles. The number of Topliss-reactive ketones (excluding diaryl/α,β-unsaturated/α-hetero) is 1. The molecule has 1 N–H and O–H groups in total. The Morgan fingerprint density at radius 1 is 1.07 bits per heavy atom. The molecule has 2 aromatic carbocycles. The summed E-state index contributed by atoms with van der Waals surface area (Å²) < 4.78 is 5.10. The van der Waals surface area contributed by atoms with Gasteiger partial charge in [-0.2, -0.15) is 0 Å². The summed E-state index contributed by atoms with van der Waals surface area (Å²) in [5.74, 6) is -1.12. The van der Waals surface area contributed by atoms with Gasteiger partial charge in [0.05, 0.1) is 11.6 Å². The Kier molecular flexibility index (Phi) is 4.72. The highest BCUT2D eigenvalue weighted by Gasteiger charge is 2.48. The van der Waals surface area contributed by atoms with Gasteiger partial charge in [0, 0.05) is 16.7 Å². The van der Waals surface area contributed by atoms with Crippen molar-refractivity contribution >= 4 is 34.9 Å². The Morgan fingerprint density at radius 3 is 2.31 bits per heavy atom. The minimum absolute atomic E-state index is 0.0122. The molecule has 146 valence electrons. The van der Waals surface area contributed by atoms with Crippen LogP contribution < -0.4 is 4.90 Å². The van der Waals surface area contributed by atoms with Crippen molar-refractivity contribution in [1.82, 2.24) is 5.16 Å². The third-order valence-electron chi connectivity index (χ3n) is 4.82. The van der Waals surface area contributed by atoms with E-state index in [1.54, 1.807) is 49.4 Å². The number of carbonyl (C=O) groups excluding carboxylic acids is 2. The fourth-order valence-electron chi connectivity index (χ4n) is 3.36. The fourth-order valence-corrected chi connectivity index (χ4v) is 3.49. The molecule has 0 radical (unpaired) electrons. The van der Waals surface area contributed by atoms with Gasteiger partial charge >= 0.3 is 5.91 Å². The van der Waals surface area contributed by atoms with Crippen molar-refractivity contribution in [3.63, 3.8) is 0 Å². The van der Waals surface area contributed by atoms with Crippen LogP contribution in [0.15, 0.2) is 64.7 Å². The molecule has 1 amide bonds. The van der Waals surface area contributed by atoms with Crippen molar-refractivity contribution in [2.75, 3.05) is 4.90 Å². The van der Waals surface area contributed by atoms with Crippen LogP contribution in [0.5, 0.6) is 0 Å². The van der Waals surface area contributed by atoms with E-state index in [0.717, 1.165) is 5.56 Å². The van der Waals surface area contributed by atoms with Crippen LogP contribution in [-0.4, -0.2) is 22.0 Å². The van der Waals surface area contributed by atoms with Gasteiger partial charge in [0.2, 0.25) is 0 Å². The SMILES string of the molecule is Cc1ccc(C(O)=C2C(=O)C(=O)N(c3cc(C)on3)[C@H]2c2ccc(Cl)cc2)cc1. The molecule has 0 aliphatic carbocycles. The minimum Gasteiger partial charge on any atom is -0.507 e. The van der Waals surface area contributed by atoms with E-state index in [4.69, 9.17) is 16.1 Å². The number of rotatable bonds is 3. The second kappa shape index (κ2) is 7.22. The van der Waals surface area contributed by atoms with Gasteiger partial charge in [-0.15, -0.1) is 0 Å². The number of aryl methyl sites for hydroxylation is 2. The van der Waals surface area contributed by atoms with Crippen molar-refractivity contribution in [1.29, 1.82) is 0 Å². The van der Waals surface area contributed by atoms with Gasteiger partial charge < -0.3 is 9.63 Å². The first-order valence-corrected chi connectivity index (χ1v) is 9.31. The zero-order chi connectivity index (χ0) is 20.7. The van der Waals surface area contributed by atoms with Crippen LogP contribution in [-0.2, 0) is 9.59 Å². The van der Waals surface area contributed by atoms with E-state index in [1.165, 1.54) is 4.90 Å². The number of hydrogen-bond acceptors (Lipinski definition) is 5. The summed E-state index contributed by atoms with van der Waals surface area (Å²) in [6.07, 6.45) is 0. The largest absolute Gasteiger partial charge is 0.507 e. The van der Waals surface area contributed by atoms with Crippen molar-refractivity contribution in [2.24, 2.45) is 0 Å². The van der Waals surface area contributed by atoms with Crippen molar-refractivity contribution in [3.8, 4) is 0 Å². The number of halogens is 1. The van der Waals surface area contributed by atoms with E-state index in [2.05, 4.69) is 5.16 Å². The third-order valence-corrected chi connectivity index (χ3v) is 5.07. The summed E-state index contributed by atoms with van der Waals surface area (Å²) in [6, 6.07) is 14.5. The van der Waals surface area contributed by atoms with E-state index in [9.17, 15) is 14.7 Å². The number of benzene rings is 2. The zero-order valence-corrected chi connectivity index (χ0v) is 16.5. The van der Waals surface area contributed by atoms with Crippen molar-refractivity contribution in [3.05, 3.63) is 87.6 Å². The number of aliphatic hydroxyl groups excluding tert-OH is 1. The summed E-state index contributed by atoms with van der Waals surface area (Å²) in [4.78, 5) is 27.1. The molecule has 1 saturated heterocycles. The Hall–Kier alpha value is -3.38. The van der Waals surface area contributed by atoms with Gasteiger partial charge in [-0.05, 0) is 31.5 Å². The van der Waals surface area contributed by atoms with E-state index in [0.29, 0.717) is 21.9 Å². The second-order valence-electron chi connectivity index (χ2n) is 6.88. The van der Waals surface area contributed by atoms with Gasteiger partial charge in [-0.1, -0.05) is 58.7 Å². The Labute approximate surface area is 172 Å².